The van der Waals surface area contributed by atoms with Crippen molar-refractivity contribution in [2.75, 3.05) is 0 Å². The van der Waals surface area contributed by atoms with Crippen molar-refractivity contribution in [3.8, 4) is 5.75 Å². The Balaban J connectivity index is 1.93. The summed E-state index contributed by atoms with van der Waals surface area (Å²) in [6, 6.07) is 15.9. The zero-order valence-electron chi connectivity index (χ0n) is 15.5. The summed E-state index contributed by atoms with van der Waals surface area (Å²) in [4.78, 5) is -0.754. The molecule has 0 radical (unpaired) electrons. The predicted octanol–water partition coefficient (Wildman–Crippen LogP) is 4.61. The lowest BCUT2D eigenvalue weighted by molar-refractivity contribution is 0.468. The van der Waals surface area contributed by atoms with Crippen LogP contribution >= 0.6 is 0 Å². The van der Waals surface area contributed by atoms with E-state index in [-0.39, 0.29) is 32.4 Å². The fraction of sp³-hybridized carbons (Fsp3) is 0. The van der Waals surface area contributed by atoms with Crippen LogP contribution in [0.3, 0.4) is 0 Å². The van der Waals surface area contributed by atoms with Gasteiger partial charge in [0.05, 0.1) is 5.69 Å². The van der Waals surface area contributed by atoms with E-state index in [9.17, 15) is 31.0 Å². The van der Waals surface area contributed by atoms with Crippen molar-refractivity contribution in [1.82, 2.24) is 0 Å². The van der Waals surface area contributed by atoms with Gasteiger partial charge in [-0.3, -0.25) is 9.11 Å². The molecule has 0 spiro atoms. The maximum Gasteiger partial charge on any atom is 0.295 e. The molecular formula is C20H14N2O7S2. The van der Waals surface area contributed by atoms with E-state index in [1.54, 1.807) is 30.3 Å². The number of hydrogen-bond acceptors (Lipinski definition) is 7. The Morgan fingerprint density at radius 3 is 1.71 bits per heavy atom. The summed E-state index contributed by atoms with van der Waals surface area (Å²) in [5, 5.41) is 19.5. The van der Waals surface area contributed by atoms with Crippen molar-refractivity contribution >= 4 is 53.2 Å². The first-order valence-corrected chi connectivity index (χ1v) is 11.6. The third-order valence-electron chi connectivity index (χ3n) is 4.63. The number of phenols is 1. The lowest BCUT2D eigenvalue weighted by Gasteiger charge is -2.09. The molecule has 158 valence electrons. The quantitative estimate of drug-likeness (QED) is 0.298. The molecule has 0 atom stereocenters. The summed E-state index contributed by atoms with van der Waals surface area (Å²) in [6.45, 7) is 0. The number of rotatable bonds is 4. The van der Waals surface area contributed by atoms with E-state index in [1.807, 2.05) is 0 Å². The maximum absolute atomic E-state index is 11.7. The highest BCUT2D eigenvalue weighted by Crippen LogP contribution is 2.40. The molecule has 0 bridgehead atoms. The van der Waals surface area contributed by atoms with Gasteiger partial charge < -0.3 is 5.11 Å². The number of benzene rings is 4. The Labute approximate surface area is 176 Å². The van der Waals surface area contributed by atoms with Crippen molar-refractivity contribution < 1.29 is 31.0 Å². The van der Waals surface area contributed by atoms with Crippen molar-refractivity contribution in [3.63, 3.8) is 0 Å². The van der Waals surface area contributed by atoms with Gasteiger partial charge in [-0.05, 0) is 12.1 Å². The molecule has 4 aromatic carbocycles. The van der Waals surface area contributed by atoms with Gasteiger partial charge in [0, 0.05) is 27.6 Å². The van der Waals surface area contributed by atoms with Gasteiger partial charge in [-0.25, -0.2) is 0 Å². The fourth-order valence-corrected chi connectivity index (χ4v) is 4.72. The molecule has 0 amide bonds. The Morgan fingerprint density at radius 2 is 1.13 bits per heavy atom. The summed E-state index contributed by atoms with van der Waals surface area (Å²) < 4.78 is 65.5. The van der Waals surface area contributed by atoms with Gasteiger partial charge in [0.1, 0.15) is 21.2 Å². The van der Waals surface area contributed by atoms with E-state index in [0.717, 1.165) is 6.07 Å². The molecule has 0 aliphatic heterocycles. The molecule has 4 rings (SSSR count). The molecule has 0 unspecified atom stereocenters. The van der Waals surface area contributed by atoms with Gasteiger partial charge in [-0.2, -0.15) is 16.8 Å². The standard InChI is InChI=1S/C20H14N2O7S2/c23-17-11-19(31(27,28)29)14-7-3-4-8-15(14)20(17)22-21-16-9-10-18(30(24,25)26)13-6-2-1-5-12(13)16/h1-11,23H,(H,24,25,26)(H,27,28,29)/b22-21+. The van der Waals surface area contributed by atoms with Crippen molar-refractivity contribution in [2.24, 2.45) is 10.2 Å². The molecule has 0 aromatic heterocycles. The smallest absolute Gasteiger partial charge is 0.295 e. The molecule has 0 heterocycles. The van der Waals surface area contributed by atoms with E-state index >= 15 is 0 Å². The van der Waals surface area contributed by atoms with Gasteiger partial charge in [-0.1, -0.05) is 48.5 Å². The highest BCUT2D eigenvalue weighted by atomic mass is 32.2. The van der Waals surface area contributed by atoms with E-state index < -0.39 is 30.9 Å². The molecule has 4 aromatic rings. The van der Waals surface area contributed by atoms with Crippen LogP contribution in [0, 0.1) is 0 Å². The predicted molar refractivity (Wildman–Crippen MR) is 113 cm³/mol. The van der Waals surface area contributed by atoms with Crippen LogP contribution in [-0.2, 0) is 20.2 Å². The van der Waals surface area contributed by atoms with Crippen LogP contribution < -0.4 is 0 Å². The number of azo groups is 1. The Bertz CT molecular complexity index is 1600. The van der Waals surface area contributed by atoms with Gasteiger partial charge in [-0.15, -0.1) is 10.2 Å². The number of fused-ring (bicyclic) bond motifs is 2. The van der Waals surface area contributed by atoms with Gasteiger partial charge in [0.15, 0.2) is 0 Å². The average Bonchev–Trinajstić information content (AvgIpc) is 2.71. The van der Waals surface area contributed by atoms with Crippen LogP contribution in [0.4, 0.5) is 11.4 Å². The molecule has 31 heavy (non-hydrogen) atoms. The second-order valence-corrected chi connectivity index (χ2v) is 9.35. The average molecular weight is 458 g/mol. The van der Waals surface area contributed by atoms with Crippen LogP contribution in [0.5, 0.6) is 5.75 Å². The lowest BCUT2D eigenvalue weighted by Crippen LogP contribution is -1.99. The van der Waals surface area contributed by atoms with E-state index in [4.69, 9.17) is 0 Å². The molecule has 9 nitrogen and oxygen atoms in total. The fourth-order valence-electron chi connectivity index (χ4n) is 3.30. The topological polar surface area (TPSA) is 154 Å². The monoisotopic (exact) mass is 458 g/mol. The van der Waals surface area contributed by atoms with Crippen molar-refractivity contribution in [2.45, 2.75) is 9.79 Å². The lowest BCUT2D eigenvalue weighted by atomic mass is 10.1. The second kappa shape index (κ2) is 7.39. The largest absolute Gasteiger partial charge is 0.506 e. The SMILES string of the molecule is O=S(=O)(O)c1ccc(/N=N/c2c(O)cc(S(=O)(=O)O)c3ccccc23)c2ccccc12. The molecule has 0 aliphatic carbocycles. The zero-order valence-corrected chi connectivity index (χ0v) is 17.2. The van der Waals surface area contributed by atoms with E-state index in [2.05, 4.69) is 10.2 Å². The number of aromatic hydroxyl groups is 1. The number of phenolic OH excluding ortho intramolecular Hbond substituents is 1. The maximum atomic E-state index is 11.7. The summed E-state index contributed by atoms with van der Waals surface area (Å²) in [7, 11) is -9.06. The Morgan fingerprint density at radius 1 is 0.613 bits per heavy atom. The summed E-state index contributed by atoms with van der Waals surface area (Å²) in [6.07, 6.45) is 0. The summed E-state index contributed by atoms with van der Waals surface area (Å²) in [5.74, 6) is -0.520. The second-order valence-electron chi connectivity index (χ2n) is 6.57. The Kier molecular flexibility index (Phi) is 4.98. The van der Waals surface area contributed by atoms with Crippen LogP contribution in [0.1, 0.15) is 0 Å². The molecule has 0 saturated heterocycles. The molecule has 11 heteroatoms. The van der Waals surface area contributed by atoms with Gasteiger partial charge >= 0.3 is 0 Å². The minimum absolute atomic E-state index is 0.0362. The summed E-state index contributed by atoms with van der Waals surface area (Å²) >= 11 is 0. The number of nitrogens with zero attached hydrogens (tertiary/aromatic N) is 2. The number of hydrogen-bond donors (Lipinski definition) is 3. The van der Waals surface area contributed by atoms with Crippen LogP contribution in [-0.4, -0.2) is 31.0 Å². The molecule has 0 fully saturated rings. The van der Waals surface area contributed by atoms with Gasteiger partial charge in [0.25, 0.3) is 20.2 Å². The van der Waals surface area contributed by atoms with E-state index in [0.29, 0.717) is 5.39 Å². The molecule has 0 aliphatic rings. The normalized spacial score (nSPS) is 12.7. The molecular weight excluding hydrogens is 444 g/mol. The van der Waals surface area contributed by atoms with Gasteiger partial charge in [0.2, 0.25) is 0 Å². The highest BCUT2D eigenvalue weighted by molar-refractivity contribution is 7.86. The summed E-state index contributed by atoms with van der Waals surface area (Å²) in [5.41, 5.74) is 0.219. The minimum Gasteiger partial charge on any atom is -0.506 e. The van der Waals surface area contributed by atoms with E-state index in [1.165, 1.54) is 30.3 Å². The molecule has 3 N–H and O–H groups in total. The third kappa shape index (κ3) is 3.86. The van der Waals surface area contributed by atoms with Crippen LogP contribution in [0.15, 0.2) is 86.7 Å². The minimum atomic E-state index is -4.60. The molecule has 0 saturated carbocycles. The Hall–Kier alpha value is -3.38. The first-order valence-electron chi connectivity index (χ1n) is 8.70. The van der Waals surface area contributed by atoms with Crippen molar-refractivity contribution in [3.05, 3.63) is 66.7 Å². The highest BCUT2D eigenvalue weighted by Gasteiger charge is 2.20. The van der Waals surface area contributed by atoms with Crippen LogP contribution in [0.25, 0.3) is 21.5 Å². The van der Waals surface area contributed by atoms with Crippen LogP contribution in [0.2, 0.25) is 0 Å². The zero-order chi connectivity index (χ0) is 22.4. The third-order valence-corrected chi connectivity index (χ3v) is 6.44. The van der Waals surface area contributed by atoms with Crippen molar-refractivity contribution in [1.29, 1.82) is 0 Å². The first-order chi connectivity index (χ1) is 14.6. The first kappa shape index (κ1) is 20.9.